The van der Waals surface area contributed by atoms with Crippen molar-refractivity contribution in [1.82, 2.24) is 0 Å². The van der Waals surface area contributed by atoms with E-state index in [1.165, 1.54) is 50.5 Å². The smallest absolute Gasteiger partial charge is 0.134 e. The van der Waals surface area contributed by atoms with Gasteiger partial charge >= 0.3 is 0 Å². The molecule has 0 N–H and O–H groups in total. The van der Waals surface area contributed by atoms with Crippen molar-refractivity contribution in [2.75, 3.05) is 0 Å². The Kier molecular flexibility index (Phi) is 8.22. The van der Waals surface area contributed by atoms with Crippen LogP contribution in [0.5, 0.6) is 0 Å². The van der Waals surface area contributed by atoms with Crippen LogP contribution in [0, 0.1) is 29.5 Å². The lowest BCUT2D eigenvalue weighted by Crippen LogP contribution is -2.14. The van der Waals surface area contributed by atoms with Crippen LogP contribution in [-0.2, 0) is 12.8 Å². The molecule has 0 bridgehead atoms. The lowest BCUT2D eigenvalue weighted by atomic mass is 9.78. The van der Waals surface area contributed by atoms with E-state index < -0.39 is 0 Å². The molecule has 1 fully saturated rings. The molecule has 33 heavy (non-hydrogen) atoms. The number of halogens is 1. The third-order valence-corrected chi connectivity index (χ3v) is 7.52. The molecule has 172 valence electrons. The van der Waals surface area contributed by atoms with Crippen LogP contribution in [-0.4, -0.2) is 0 Å². The number of benzene rings is 3. The van der Waals surface area contributed by atoms with Gasteiger partial charge in [-0.2, -0.15) is 0 Å². The van der Waals surface area contributed by atoms with Crippen LogP contribution in [0.25, 0.3) is 10.8 Å². The van der Waals surface area contributed by atoms with Crippen molar-refractivity contribution in [3.63, 3.8) is 0 Å². The van der Waals surface area contributed by atoms with E-state index in [0.29, 0.717) is 5.39 Å². The van der Waals surface area contributed by atoms with E-state index in [4.69, 9.17) is 0 Å². The van der Waals surface area contributed by atoms with Gasteiger partial charge < -0.3 is 0 Å². The van der Waals surface area contributed by atoms with Gasteiger partial charge in [0.25, 0.3) is 0 Å². The van der Waals surface area contributed by atoms with E-state index in [1.54, 1.807) is 0 Å². The second kappa shape index (κ2) is 11.5. The molecule has 0 amide bonds. The van der Waals surface area contributed by atoms with E-state index in [0.717, 1.165) is 53.2 Å². The van der Waals surface area contributed by atoms with Crippen molar-refractivity contribution in [1.29, 1.82) is 0 Å². The van der Waals surface area contributed by atoms with Crippen molar-refractivity contribution in [2.45, 2.75) is 78.1 Å². The zero-order valence-corrected chi connectivity index (χ0v) is 20.3. The first-order valence-electron chi connectivity index (χ1n) is 13.0. The molecule has 0 aromatic heterocycles. The lowest BCUT2D eigenvalue weighted by molar-refractivity contribution is 0.258. The molecule has 0 unspecified atom stereocenters. The second-order valence-corrected chi connectivity index (χ2v) is 9.86. The molecule has 1 saturated carbocycles. The fraction of sp³-hybridized carbons (Fsp3) is 0.438. The van der Waals surface area contributed by atoms with Gasteiger partial charge in [0.1, 0.15) is 5.82 Å². The fourth-order valence-corrected chi connectivity index (χ4v) is 5.18. The van der Waals surface area contributed by atoms with Crippen LogP contribution in [0.2, 0.25) is 0 Å². The molecule has 0 heterocycles. The summed E-state index contributed by atoms with van der Waals surface area (Å²) in [5, 5.41) is 1.65. The van der Waals surface area contributed by atoms with Crippen LogP contribution < -0.4 is 0 Å². The largest absolute Gasteiger partial charge is 0.206 e. The predicted molar refractivity (Wildman–Crippen MR) is 139 cm³/mol. The highest BCUT2D eigenvalue weighted by atomic mass is 19.1. The number of aryl methyl sites for hydroxylation is 2. The summed E-state index contributed by atoms with van der Waals surface area (Å²) in [5.74, 6) is 8.15. The molecule has 1 aliphatic carbocycles. The molecule has 3 aromatic carbocycles. The van der Waals surface area contributed by atoms with Crippen molar-refractivity contribution in [3.8, 4) is 11.8 Å². The van der Waals surface area contributed by atoms with Crippen molar-refractivity contribution < 1.29 is 4.39 Å². The maximum Gasteiger partial charge on any atom is 0.134 e. The average Bonchev–Trinajstić information content (AvgIpc) is 2.86. The quantitative estimate of drug-likeness (QED) is 0.322. The Labute approximate surface area is 199 Å². The topological polar surface area (TPSA) is 0 Å². The van der Waals surface area contributed by atoms with Crippen LogP contribution >= 0.6 is 0 Å². The third kappa shape index (κ3) is 6.26. The number of hydrogen-bond donors (Lipinski definition) is 0. The van der Waals surface area contributed by atoms with Crippen molar-refractivity contribution >= 4 is 10.8 Å². The summed E-state index contributed by atoms with van der Waals surface area (Å²) >= 11 is 0. The van der Waals surface area contributed by atoms with Gasteiger partial charge in [-0.15, -0.1) is 0 Å². The highest BCUT2D eigenvalue weighted by molar-refractivity contribution is 5.85. The first-order valence-corrected chi connectivity index (χ1v) is 13.0. The Balaban J connectivity index is 1.41. The maximum atomic E-state index is 15.2. The Morgan fingerprint density at radius 2 is 1.48 bits per heavy atom. The summed E-state index contributed by atoms with van der Waals surface area (Å²) in [6.07, 6.45) is 12.2. The lowest BCUT2D eigenvalue weighted by Gasteiger charge is -2.27. The monoisotopic (exact) mass is 440 g/mol. The molecule has 0 saturated heterocycles. The van der Waals surface area contributed by atoms with E-state index in [9.17, 15) is 0 Å². The van der Waals surface area contributed by atoms with E-state index in [1.807, 2.05) is 24.3 Å². The molecule has 4 rings (SSSR count). The number of unbranched alkanes of at least 4 members (excludes halogenated alkanes) is 1. The Bertz CT molecular complexity index is 1100. The van der Waals surface area contributed by atoms with Crippen molar-refractivity contribution in [2.24, 2.45) is 11.8 Å². The van der Waals surface area contributed by atoms with Crippen molar-refractivity contribution in [3.05, 3.63) is 82.7 Å². The van der Waals surface area contributed by atoms with Crippen LogP contribution in [0.15, 0.2) is 54.6 Å². The molecule has 0 spiro atoms. The van der Waals surface area contributed by atoms with Gasteiger partial charge in [0, 0.05) is 16.5 Å². The number of rotatable bonds is 7. The number of hydrogen-bond acceptors (Lipinski definition) is 0. The molecule has 0 radical (unpaired) electrons. The summed E-state index contributed by atoms with van der Waals surface area (Å²) in [7, 11) is 0. The Morgan fingerprint density at radius 1 is 0.788 bits per heavy atom. The first-order chi connectivity index (χ1) is 16.2. The Hall–Kier alpha value is -2.59. The highest BCUT2D eigenvalue weighted by Gasteiger charge is 2.20. The minimum Gasteiger partial charge on any atom is -0.206 e. The van der Waals surface area contributed by atoms with Gasteiger partial charge in [0.05, 0.1) is 0 Å². The molecule has 3 aromatic rings. The van der Waals surface area contributed by atoms with E-state index >= 15 is 4.39 Å². The van der Waals surface area contributed by atoms with Crippen LogP contribution in [0.4, 0.5) is 4.39 Å². The normalized spacial score (nSPS) is 18.2. The minimum atomic E-state index is -0.0445. The molecule has 1 aliphatic rings. The third-order valence-electron chi connectivity index (χ3n) is 7.52. The maximum absolute atomic E-state index is 15.2. The average molecular weight is 441 g/mol. The minimum absolute atomic E-state index is 0.0445. The molecule has 1 heteroatoms. The number of fused-ring (bicyclic) bond motifs is 1. The van der Waals surface area contributed by atoms with E-state index in [-0.39, 0.29) is 5.82 Å². The molecule has 0 atom stereocenters. The first kappa shape index (κ1) is 23.6. The summed E-state index contributed by atoms with van der Waals surface area (Å²) in [4.78, 5) is 0. The summed E-state index contributed by atoms with van der Waals surface area (Å²) in [6, 6.07) is 18.5. The van der Waals surface area contributed by atoms with Gasteiger partial charge in [-0.05, 0) is 78.3 Å². The van der Waals surface area contributed by atoms with E-state index in [2.05, 4.69) is 56.0 Å². The standard InChI is InChI=1S/C32H37F/c1-3-5-6-25-11-13-26(14-12-25)15-16-28-18-22-31-30(23-28)21-20-29(32(31)33)19-17-27-9-7-24(4-2)8-10-27/h11-14,18,20-24,27H,3-10,17,19H2,1-2H3. The zero-order valence-electron chi connectivity index (χ0n) is 20.3. The van der Waals surface area contributed by atoms with Gasteiger partial charge in [0.15, 0.2) is 0 Å². The van der Waals surface area contributed by atoms with Crippen LogP contribution in [0.1, 0.15) is 87.5 Å². The predicted octanol–water partition coefficient (Wildman–Crippen LogP) is 8.87. The molecular weight excluding hydrogens is 403 g/mol. The van der Waals surface area contributed by atoms with Gasteiger partial charge in [-0.1, -0.05) is 94.5 Å². The summed E-state index contributed by atoms with van der Waals surface area (Å²) in [6.45, 7) is 4.52. The SMILES string of the molecule is CCCCc1ccc(C#Cc2ccc3c(F)c(CCC4CCC(CC)CC4)ccc3c2)cc1. The summed E-state index contributed by atoms with van der Waals surface area (Å²) < 4.78 is 15.2. The molecular formula is C32H37F. The Morgan fingerprint density at radius 3 is 2.21 bits per heavy atom. The fourth-order valence-electron chi connectivity index (χ4n) is 5.18. The zero-order chi connectivity index (χ0) is 23.0. The highest BCUT2D eigenvalue weighted by Crippen LogP contribution is 2.33. The molecule has 0 nitrogen and oxygen atoms in total. The van der Waals surface area contributed by atoms with Crippen LogP contribution in [0.3, 0.4) is 0 Å². The van der Waals surface area contributed by atoms with Gasteiger partial charge in [-0.25, -0.2) is 4.39 Å². The summed E-state index contributed by atoms with van der Waals surface area (Å²) in [5.41, 5.74) is 4.18. The molecule has 0 aliphatic heterocycles. The van der Waals surface area contributed by atoms with Gasteiger partial charge in [0.2, 0.25) is 0 Å². The second-order valence-electron chi connectivity index (χ2n) is 9.86. The van der Waals surface area contributed by atoms with Gasteiger partial charge in [-0.3, -0.25) is 0 Å².